The van der Waals surface area contributed by atoms with Gasteiger partial charge in [0, 0.05) is 11.6 Å². The highest BCUT2D eigenvalue weighted by molar-refractivity contribution is 7.80. The summed E-state index contributed by atoms with van der Waals surface area (Å²) in [4.78, 5) is 12.6. The molecule has 0 bridgehead atoms. The zero-order chi connectivity index (χ0) is 13.7. The van der Waals surface area contributed by atoms with E-state index in [1.54, 1.807) is 18.0 Å². The SMILES string of the molecule is CN(CCC(=O)O)C(C(N)=S)c1ccccc1Cl. The van der Waals surface area contributed by atoms with Gasteiger partial charge in [0.05, 0.1) is 17.5 Å². The van der Waals surface area contributed by atoms with Crippen LogP contribution in [0, 0.1) is 0 Å². The molecular formula is C12H15ClN2O2S. The predicted octanol–water partition coefficient (Wildman–Crippen LogP) is 2.07. The normalized spacial score (nSPS) is 12.4. The second-order valence-corrected chi connectivity index (χ2v) is 4.83. The highest BCUT2D eigenvalue weighted by Crippen LogP contribution is 2.27. The van der Waals surface area contributed by atoms with Crippen LogP contribution in [0.2, 0.25) is 5.02 Å². The van der Waals surface area contributed by atoms with E-state index in [1.807, 2.05) is 18.2 Å². The number of benzene rings is 1. The molecule has 0 saturated heterocycles. The first-order valence-corrected chi connectivity index (χ1v) is 6.18. The summed E-state index contributed by atoms with van der Waals surface area (Å²) in [5.74, 6) is -0.859. The number of aliphatic carboxylic acids is 1. The van der Waals surface area contributed by atoms with Gasteiger partial charge >= 0.3 is 5.97 Å². The number of rotatable bonds is 6. The van der Waals surface area contributed by atoms with Crippen LogP contribution in [-0.4, -0.2) is 34.6 Å². The molecule has 6 heteroatoms. The molecule has 0 aliphatic rings. The van der Waals surface area contributed by atoms with Crippen LogP contribution >= 0.6 is 23.8 Å². The van der Waals surface area contributed by atoms with Gasteiger partial charge in [-0.15, -0.1) is 0 Å². The Hall–Kier alpha value is -1.17. The minimum atomic E-state index is -0.859. The Morgan fingerprint density at radius 2 is 2.17 bits per heavy atom. The van der Waals surface area contributed by atoms with Gasteiger partial charge in [0.15, 0.2) is 0 Å². The van der Waals surface area contributed by atoms with Crippen molar-refractivity contribution in [2.45, 2.75) is 12.5 Å². The fourth-order valence-electron chi connectivity index (χ4n) is 1.71. The number of nitrogens with zero attached hydrogens (tertiary/aromatic N) is 1. The highest BCUT2D eigenvalue weighted by Gasteiger charge is 2.22. The maximum Gasteiger partial charge on any atom is 0.304 e. The van der Waals surface area contributed by atoms with Crippen LogP contribution in [0.4, 0.5) is 0 Å². The van der Waals surface area contributed by atoms with Crippen LogP contribution in [-0.2, 0) is 4.79 Å². The van der Waals surface area contributed by atoms with Crippen LogP contribution in [0.5, 0.6) is 0 Å². The van der Waals surface area contributed by atoms with Gasteiger partial charge in [0.2, 0.25) is 0 Å². The van der Waals surface area contributed by atoms with Crippen molar-refractivity contribution in [3.63, 3.8) is 0 Å². The number of nitrogens with two attached hydrogens (primary N) is 1. The monoisotopic (exact) mass is 286 g/mol. The number of halogens is 1. The van der Waals surface area contributed by atoms with E-state index in [-0.39, 0.29) is 17.5 Å². The molecule has 1 aromatic rings. The topological polar surface area (TPSA) is 66.6 Å². The summed E-state index contributed by atoms with van der Waals surface area (Å²) >= 11 is 11.2. The third-order valence-electron chi connectivity index (χ3n) is 2.59. The molecular weight excluding hydrogens is 272 g/mol. The van der Waals surface area contributed by atoms with E-state index in [1.165, 1.54) is 0 Å². The summed E-state index contributed by atoms with van der Waals surface area (Å²) in [6.45, 7) is 0.350. The standard InChI is InChI=1S/C12H15ClN2O2S/c1-15(7-6-10(16)17)11(12(14)18)8-4-2-3-5-9(8)13/h2-5,11H,6-7H2,1H3,(H2,14,18)(H,16,17). The highest BCUT2D eigenvalue weighted by atomic mass is 35.5. The summed E-state index contributed by atoms with van der Waals surface area (Å²) in [7, 11) is 1.77. The van der Waals surface area contributed by atoms with E-state index >= 15 is 0 Å². The smallest absolute Gasteiger partial charge is 0.304 e. The fraction of sp³-hybridized carbons (Fsp3) is 0.333. The number of hydrogen-bond acceptors (Lipinski definition) is 3. The molecule has 0 heterocycles. The number of carboxylic acids is 1. The van der Waals surface area contributed by atoms with Gasteiger partial charge in [0.25, 0.3) is 0 Å². The lowest BCUT2D eigenvalue weighted by Crippen LogP contribution is -2.35. The van der Waals surface area contributed by atoms with Crippen molar-refractivity contribution in [2.24, 2.45) is 5.73 Å². The molecule has 4 nitrogen and oxygen atoms in total. The zero-order valence-corrected chi connectivity index (χ0v) is 11.5. The van der Waals surface area contributed by atoms with E-state index in [0.717, 1.165) is 5.56 Å². The minimum absolute atomic E-state index is 0.0278. The molecule has 0 radical (unpaired) electrons. The Kier molecular flexibility index (Phi) is 5.53. The molecule has 18 heavy (non-hydrogen) atoms. The van der Waals surface area contributed by atoms with Gasteiger partial charge < -0.3 is 10.8 Å². The van der Waals surface area contributed by atoms with Gasteiger partial charge in [-0.2, -0.15) is 0 Å². The van der Waals surface area contributed by atoms with Gasteiger partial charge in [-0.3, -0.25) is 9.69 Å². The Bertz CT molecular complexity index is 453. The van der Waals surface area contributed by atoms with Crippen molar-refractivity contribution < 1.29 is 9.90 Å². The van der Waals surface area contributed by atoms with Gasteiger partial charge in [0.1, 0.15) is 0 Å². The van der Waals surface area contributed by atoms with Crippen LogP contribution in [0.3, 0.4) is 0 Å². The van der Waals surface area contributed by atoms with E-state index < -0.39 is 5.97 Å². The quantitative estimate of drug-likeness (QED) is 0.784. The van der Waals surface area contributed by atoms with Crippen molar-refractivity contribution in [1.82, 2.24) is 4.90 Å². The fourth-order valence-corrected chi connectivity index (χ4v) is 2.25. The first-order chi connectivity index (χ1) is 8.43. The largest absolute Gasteiger partial charge is 0.481 e. The maximum atomic E-state index is 10.6. The third kappa shape index (κ3) is 3.94. The molecule has 0 fully saturated rings. The van der Waals surface area contributed by atoms with E-state index in [0.29, 0.717) is 11.6 Å². The third-order valence-corrected chi connectivity index (χ3v) is 3.16. The van der Waals surface area contributed by atoms with Crippen LogP contribution in [0.1, 0.15) is 18.0 Å². The van der Waals surface area contributed by atoms with Crippen molar-refractivity contribution in [1.29, 1.82) is 0 Å². The number of likely N-dealkylation sites (N-methyl/N-ethyl adjacent to an activating group) is 1. The van der Waals surface area contributed by atoms with Gasteiger partial charge in [-0.1, -0.05) is 42.0 Å². The summed E-state index contributed by atoms with van der Waals surface area (Å²) in [5.41, 5.74) is 6.52. The Morgan fingerprint density at radius 1 is 1.56 bits per heavy atom. The van der Waals surface area contributed by atoms with Crippen molar-refractivity contribution in [2.75, 3.05) is 13.6 Å². The maximum absolute atomic E-state index is 10.6. The summed E-state index contributed by atoms with van der Waals surface area (Å²) in [5, 5.41) is 9.26. The van der Waals surface area contributed by atoms with Crippen LogP contribution < -0.4 is 5.73 Å². The minimum Gasteiger partial charge on any atom is -0.481 e. The average molecular weight is 287 g/mol. The van der Waals surface area contributed by atoms with E-state index in [9.17, 15) is 4.79 Å². The molecule has 0 spiro atoms. The average Bonchev–Trinajstić information content (AvgIpc) is 2.29. The summed E-state index contributed by atoms with van der Waals surface area (Å²) in [6.07, 6.45) is 0.0278. The van der Waals surface area contributed by atoms with E-state index in [4.69, 9.17) is 34.7 Å². The molecule has 1 aromatic carbocycles. The Morgan fingerprint density at radius 3 is 2.67 bits per heavy atom. The lowest BCUT2D eigenvalue weighted by molar-refractivity contribution is -0.137. The zero-order valence-electron chi connectivity index (χ0n) is 9.97. The summed E-state index contributed by atoms with van der Waals surface area (Å²) < 4.78 is 0. The molecule has 0 amide bonds. The first-order valence-electron chi connectivity index (χ1n) is 5.39. The molecule has 98 valence electrons. The number of hydrogen-bond donors (Lipinski definition) is 2. The lowest BCUT2D eigenvalue weighted by Gasteiger charge is -2.27. The molecule has 1 atom stereocenters. The Labute approximate surface area is 116 Å². The number of thiocarbonyl (C=S) groups is 1. The Balaban J connectivity index is 2.93. The van der Waals surface area contributed by atoms with Gasteiger partial charge in [-0.05, 0) is 18.7 Å². The molecule has 0 saturated carbocycles. The molecule has 1 rings (SSSR count). The van der Waals surface area contributed by atoms with Crippen LogP contribution in [0.25, 0.3) is 0 Å². The molecule has 0 aliphatic carbocycles. The second-order valence-electron chi connectivity index (χ2n) is 3.95. The van der Waals surface area contributed by atoms with Gasteiger partial charge in [-0.25, -0.2) is 0 Å². The molecule has 0 aliphatic heterocycles. The van der Waals surface area contributed by atoms with Crippen molar-refractivity contribution in [3.05, 3.63) is 34.9 Å². The van der Waals surface area contributed by atoms with Crippen LogP contribution in [0.15, 0.2) is 24.3 Å². The number of carbonyl (C=O) groups is 1. The van der Waals surface area contributed by atoms with Crippen molar-refractivity contribution in [3.8, 4) is 0 Å². The summed E-state index contributed by atoms with van der Waals surface area (Å²) in [6, 6.07) is 6.90. The van der Waals surface area contributed by atoms with Crippen molar-refractivity contribution >= 4 is 34.8 Å². The predicted molar refractivity (Wildman–Crippen MR) is 75.9 cm³/mol. The lowest BCUT2D eigenvalue weighted by atomic mass is 10.1. The second kappa shape index (κ2) is 6.68. The number of carboxylic acid groups (broad SMARTS) is 1. The molecule has 0 aromatic heterocycles. The first kappa shape index (κ1) is 14.9. The van der Waals surface area contributed by atoms with E-state index in [2.05, 4.69) is 0 Å². The molecule has 3 N–H and O–H groups in total. The molecule has 1 unspecified atom stereocenters.